The van der Waals surface area contributed by atoms with Gasteiger partial charge in [-0.1, -0.05) is 15.9 Å². The highest BCUT2D eigenvalue weighted by Gasteiger charge is 2.45. The molecule has 468 valence electrons. The van der Waals surface area contributed by atoms with Crippen molar-refractivity contribution in [2.24, 2.45) is 0 Å². The van der Waals surface area contributed by atoms with Crippen LogP contribution < -0.4 is 30.3 Å². The van der Waals surface area contributed by atoms with Crippen molar-refractivity contribution >= 4 is 105 Å². The first-order valence-corrected chi connectivity index (χ1v) is 31.6. The number of ether oxygens (including phenoxy) is 7. The monoisotopic (exact) mass is 1320 g/mol. The summed E-state index contributed by atoms with van der Waals surface area (Å²) in [6.45, 7) is 18.7. The summed E-state index contributed by atoms with van der Waals surface area (Å²) in [7, 11) is 1.65. The molecule has 0 spiro atoms. The van der Waals surface area contributed by atoms with Gasteiger partial charge in [0, 0.05) is 75.2 Å². The number of aromatic nitrogens is 4. The number of carbonyl (C=O) groups is 4. The Morgan fingerprint density at radius 2 is 1.16 bits per heavy atom. The molecule has 4 atom stereocenters. The van der Waals surface area contributed by atoms with E-state index in [9.17, 15) is 32.4 Å². The van der Waals surface area contributed by atoms with Gasteiger partial charge in [-0.3, -0.25) is 18.8 Å². The van der Waals surface area contributed by atoms with Gasteiger partial charge in [0.2, 0.25) is 0 Å². The van der Waals surface area contributed by atoms with Gasteiger partial charge in [-0.15, -0.1) is 22.7 Å². The first-order chi connectivity index (χ1) is 41.0. The van der Waals surface area contributed by atoms with Crippen molar-refractivity contribution in [3.05, 3.63) is 98.3 Å². The van der Waals surface area contributed by atoms with Gasteiger partial charge in [0.25, 0.3) is 10.1 Å². The summed E-state index contributed by atoms with van der Waals surface area (Å²) in [5.74, 6) is 0.767. The zero-order valence-electron chi connectivity index (χ0n) is 50.8. The molecule has 0 saturated carbocycles. The van der Waals surface area contributed by atoms with Gasteiger partial charge in [-0.2, -0.15) is 8.42 Å². The highest BCUT2D eigenvalue weighted by Crippen LogP contribution is 2.37. The van der Waals surface area contributed by atoms with Crippen molar-refractivity contribution in [1.82, 2.24) is 29.7 Å². The number of carbonyl (C=O) groups excluding carboxylic acids is 4. The molecule has 0 aliphatic carbocycles. The maximum Gasteiger partial charge on any atom is 0.411 e. The van der Waals surface area contributed by atoms with E-state index in [1.54, 1.807) is 86.1 Å². The number of anilines is 2. The smallest absolute Gasteiger partial charge is 0.411 e. The first kappa shape index (κ1) is 66.9. The van der Waals surface area contributed by atoms with Gasteiger partial charge in [0.05, 0.1) is 80.6 Å². The minimum atomic E-state index is -4.05. The van der Waals surface area contributed by atoms with Gasteiger partial charge in [0.1, 0.15) is 52.3 Å². The summed E-state index contributed by atoms with van der Waals surface area (Å²) in [5, 5.41) is 13.5. The third-order valence-electron chi connectivity index (χ3n) is 12.8. The number of pyridine rings is 2. The van der Waals surface area contributed by atoms with Crippen LogP contribution in [0.15, 0.2) is 97.7 Å². The Bertz CT molecular complexity index is 3750. The Morgan fingerprint density at radius 3 is 1.69 bits per heavy atom. The number of esters is 2. The number of amides is 2. The lowest BCUT2D eigenvalue weighted by molar-refractivity contribution is -0.146. The zero-order chi connectivity index (χ0) is 63.7. The molecule has 7 aromatic rings. The van der Waals surface area contributed by atoms with Crippen LogP contribution in [0, 0.1) is 0 Å². The fraction of sp³-hybridized carbons (Fsp3) is 0.433. The molecule has 2 saturated heterocycles. The van der Waals surface area contributed by atoms with Crippen LogP contribution in [0.25, 0.3) is 44.6 Å². The third-order valence-corrected chi connectivity index (χ3v) is 16.2. The van der Waals surface area contributed by atoms with Gasteiger partial charge < -0.3 is 48.8 Å². The van der Waals surface area contributed by atoms with Crippen LogP contribution >= 0.6 is 38.6 Å². The molecular weight excluding hydrogens is 1250 g/mol. The zero-order valence-corrected chi connectivity index (χ0v) is 54.9. The second-order valence-corrected chi connectivity index (χ2v) is 26.9. The van der Waals surface area contributed by atoms with Crippen molar-refractivity contribution in [1.29, 1.82) is 0 Å². The SMILES string of the molecule is COC(=O)[C@@H]1C[C@@H](Oc2cc(-c3csc(NC(C)C)n3)nc3cc(OC)ccc23)CN1C(=O)OC(C)(C)C.COC(=O)[C@@H]1C[C@H](OS(=O)(=O)c2ccc(Br)cc2)CN1C(=O)OC(C)(C)C.COc1ccc2c(=O)cc(-c3csc(NC(C)C)n3)[nH]c2c1. The van der Waals surface area contributed by atoms with Crippen molar-refractivity contribution in [2.75, 3.05) is 52.2 Å². The highest BCUT2D eigenvalue weighted by atomic mass is 79.9. The minimum Gasteiger partial charge on any atom is -0.497 e. The van der Waals surface area contributed by atoms with Gasteiger partial charge in [-0.25, -0.2) is 34.1 Å². The average Bonchev–Trinajstić information content (AvgIpc) is 4.36. The number of hydrogen-bond donors (Lipinski definition) is 3. The van der Waals surface area contributed by atoms with E-state index in [1.807, 2.05) is 41.1 Å². The largest absolute Gasteiger partial charge is 0.497 e. The predicted octanol–water partition coefficient (Wildman–Crippen LogP) is 11.3. The fourth-order valence-electron chi connectivity index (χ4n) is 8.97. The number of halogens is 1. The molecule has 6 heterocycles. The molecule has 2 aliphatic heterocycles. The lowest BCUT2D eigenvalue weighted by Gasteiger charge is -2.27. The number of nitrogens with one attached hydrogen (secondary N) is 3. The highest BCUT2D eigenvalue weighted by molar-refractivity contribution is 9.10. The van der Waals surface area contributed by atoms with E-state index in [-0.39, 0.29) is 42.3 Å². The van der Waals surface area contributed by atoms with E-state index < -0.39 is 69.7 Å². The molecule has 2 aliphatic rings. The number of fused-ring (bicyclic) bond motifs is 2. The number of likely N-dealkylation sites (tertiary alicyclic amines) is 2. The second kappa shape index (κ2) is 28.5. The normalized spacial score (nSPS) is 16.8. The quantitative estimate of drug-likeness (QED) is 0.0488. The summed E-state index contributed by atoms with van der Waals surface area (Å²) in [6.07, 6.45) is -2.43. The number of hydrogen-bond acceptors (Lipinski definition) is 22. The molecule has 3 N–H and O–H groups in total. The maximum absolute atomic E-state index is 12.9. The summed E-state index contributed by atoms with van der Waals surface area (Å²) in [5.41, 5.74) is 2.74. The maximum atomic E-state index is 12.9. The van der Waals surface area contributed by atoms with Gasteiger partial charge in [-0.05, 0) is 118 Å². The van der Waals surface area contributed by atoms with E-state index in [1.165, 1.54) is 53.9 Å². The molecule has 0 radical (unpaired) electrons. The molecule has 0 bridgehead atoms. The standard InChI is InChI=1S/C27H34N4O6S.C17H22BrNO7S.C16H17N3O2S/c1-15(2)28-25-30-21(14-38-25)20-12-23(18-9-8-16(34-6)10-19(18)29-20)36-17-11-22(24(32)35-7)31(13-17)26(33)37-27(3,4)5;1-17(2,3)25-16(21)19-10-12(9-14(19)15(20)24-4)26-27(22,23)13-7-5-11(18)6-8-13;1-9(2)17-16-19-14(8-22-16)13-7-15(20)11-5-4-10(21-3)6-12(11)18-13/h8-10,12,14-15,17,22H,11,13H2,1-7H3,(H,28,30);5-8,12,14H,9-10H2,1-4H3;4-9H,1-3H3,(H,17,19)(H,18,20)/t17-,22+;12-,14-;/m10./s1. The molecule has 87 heavy (non-hydrogen) atoms. The van der Waals surface area contributed by atoms with Crippen LogP contribution in [0.3, 0.4) is 0 Å². The number of methoxy groups -OCH3 is 4. The molecule has 2 fully saturated rings. The van der Waals surface area contributed by atoms with Crippen LogP contribution in [0.2, 0.25) is 0 Å². The summed E-state index contributed by atoms with van der Waals surface area (Å²) >= 11 is 6.26. The summed E-state index contributed by atoms with van der Waals surface area (Å²) in [4.78, 5) is 81.9. The van der Waals surface area contributed by atoms with Crippen molar-refractivity contribution in [3.8, 4) is 40.0 Å². The van der Waals surface area contributed by atoms with Gasteiger partial charge in [0.15, 0.2) is 15.7 Å². The van der Waals surface area contributed by atoms with E-state index in [4.69, 9.17) is 42.3 Å². The molecule has 9 rings (SSSR count). The van der Waals surface area contributed by atoms with Crippen molar-refractivity contribution in [3.63, 3.8) is 0 Å². The third kappa shape index (κ3) is 18.0. The van der Waals surface area contributed by atoms with Crippen molar-refractivity contribution < 1.29 is 64.9 Å². The van der Waals surface area contributed by atoms with Crippen LogP contribution in [0.1, 0.15) is 82.1 Å². The Morgan fingerprint density at radius 1 is 0.655 bits per heavy atom. The van der Waals surface area contributed by atoms with Gasteiger partial charge >= 0.3 is 24.1 Å². The summed E-state index contributed by atoms with van der Waals surface area (Å²) < 4.78 is 68.5. The van der Waals surface area contributed by atoms with Crippen LogP contribution in [-0.4, -0.2) is 151 Å². The minimum absolute atomic E-state index is 0.0122. The van der Waals surface area contributed by atoms with Crippen LogP contribution in [0.4, 0.5) is 19.9 Å². The van der Waals surface area contributed by atoms with Crippen LogP contribution in [0.5, 0.6) is 17.2 Å². The Kier molecular flexibility index (Phi) is 21.9. The first-order valence-electron chi connectivity index (χ1n) is 27.6. The lowest BCUT2D eigenvalue weighted by Crippen LogP contribution is -2.44. The number of aromatic amines is 1. The number of benzene rings is 3. The van der Waals surface area contributed by atoms with E-state index in [0.717, 1.165) is 36.2 Å². The van der Waals surface area contributed by atoms with Crippen LogP contribution in [-0.2, 0) is 42.8 Å². The average molecular weight is 1320 g/mol. The lowest BCUT2D eigenvalue weighted by atomic mass is 10.1. The van der Waals surface area contributed by atoms with Crippen molar-refractivity contribution in [2.45, 2.75) is 135 Å². The molecule has 2 amide bonds. The molecule has 4 aromatic heterocycles. The summed E-state index contributed by atoms with van der Waals surface area (Å²) in [6, 6.07) is 19.1. The van der Waals surface area contributed by atoms with E-state index in [0.29, 0.717) is 51.3 Å². The number of H-pyrrole nitrogens is 1. The Labute approximate surface area is 521 Å². The molecule has 3 aromatic carbocycles. The molecule has 0 unspecified atom stereocenters. The second-order valence-electron chi connectivity index (χ2n) is 22.7. The van der Waals surface area contributed by atoms with E-state index in [2.05, 4.69) is 69.2 Å². The Hall–Kier alpha value is -7.59. The number of thiazole rings is 2. The Balaban J connectivity index is 0.000000194. The molecular formula is C60H73BrN8O15S3. The fourth-order valence-corrected chi connectivity index (χ4v) is 12.0. The van der Waals surface area contributed by atoms with E-state index >= 15 is 0 Å². The molecule has 23 nitrogen and oxygen atoms in total. The molecule has 27 heteroatoms. The predicted molar refractivity (Wildman–Crippen MR) is 336 cm³/mol. The number of nitrogens with zero attached hydrogens (tertiary/aromatic N) is 5. The topological polar surface area (TPSA) is 278 Å². The number of rotatable bonds is 15.